The van der Waals surface area contributed by atoms with Crippen molar-refractivity contribution in [1.29, 1.82) is 0 Å². The van der Waals surface area contributed by atoms with Crippen LogP contribution < -0.4 is 5.32 Å². The van der Waals surface area contributed by atoms with Gasteiger partial charge in [-0.15, -0.1) is 5.10 Å². The van der Waals surface area contributed by atoms with Gasteiger partial charge in [0.05, 0.1) is 11.5 Å². The number of carbonyl (C=O) groups excluding carboxylic acids is 1. The molecule has 1 N–H and O–H groups in total. The van der Waals surface area contributed by atoms with E-state index < -0.39 is 0 Å². The van der Waals surface area contributed by atoms with Crippen LogP contribution in [0.25, 0.3) is 0 Å². The van der Waals surface area contributed by atoms with Crippen molar-refractivity contribution < 1.29 is 4.79 Å². The van der Waals surface area contributed by atoms with E-state index in [0.717, 1.165) is 22.0 Å². The van der Waals surface area contributed by atoms with Crippen LogP contribution in [0.2, 0.25) is 0 Å². The Kier molecular flexibility index (Phi) is 5.66. The van der Waals surface area contributed by atoms with E-state index in [1.807, 2.05) is 42.5 Å². The fraction of sp³-hybridized carbons (Fsp3) is 0.250. The highest BCUT2D eigenvalue weighted by Crippen LogP contribution is 2.20. The molecule has 4 nitrogen and oxygen atoms in total. The average molecular weight is 351 g/mol. The van der Waals surface area contributed by atoms with Gasteiger partial charge in [-0.25, -0.2) is 0 Å². The van der Waals surface area contributed by atoms with Crippen molar-refractivity contribution in [3.8, 4) is 0 Å². The van der Waals surface area contributed by atoms with E-state index in [4.69, 9.17) is 0 Å². The third kappa shape index (κ3) is 4.79. The summed E-state index contributed by atoms with van der Waals surface area (Å²) in [5.74, 6) is 0.792. The molecule has 0 aromatic heterocycles. The lowest BCUT2D eigenvalue weighted by molar-refractivity contribution is -0.113. The number of benzene rings is 2. The third-order valence-corrected chi connectivity index (χ3v) is 4.90. The van der Waals surface area contributed by atoms with Crippen LogP contribution in [0.15, 0.2) is 64.8 Å². The summed E-state index contributed by atoms with van der Waals surface area (Å²) in [6.07, 6.45) is 0.686. The van der Waals surface area contributed by atoms with E-state index in [0.29, 0.717) is 18.1 Å². The molecule has 0 atom stereocenters. The number of thioether (sulfide) groups is 1. The second-order valence-electron chi connectivity index (χ2n) is 6.20. The largest absolute Gasteiger partial charge is 0.325 e. The lowest BCUT2D eigenvalue weighted by Crippen LogP contribution is -2.15. The molecule has 1 aliphatic rings. The molecule has 2 aromatic rings. The first-order chi connectivity index (χ1) is 12.1. The number of amides is 1. The van der Waals surface area contributed by atoms with Gasteiger partial charge in [0, 0.05) is 12.1 Å². The smallest absolute Gasteiger partial charge is 0.234 e. The van der Waals surface area contributed by atoms with Crippen molar-refractivity contribution in [1.82, 2.24) is 0 Å². The summed E-state index contributed by atoms with van der Waals surface area (Å²) in [6.45, 7) is 4.30. The number of carbonyl (C=O) groups is 1. The predicted octanol–water partition coefficient (Wildman–Crippen LogP) is 4.69. The van der Waals surface area contributed by atoms with Gasteiger partial charge in [-0.3, -0.25) is 4.79 Å². The number of rotatable bonds is 5. The van der Waals surface area contributed by atoms with Crippen LogP contribution in [-0.4, -0.2) is 22.4 Å². The number of nitrogens with one attached hydrogen (secondary N) is 1. The van der Waals surface area contributed by atoms with Gasteiger partial charge in [-0.2, -0.15) is 5.10 Å². The molecule has 0 aliphatic carbocycles. The topological polar surface area (TPSA) is 53.8 Å². The molecule has 25 heavy (non-hydrogen) atoms. The number of nitrogens with zero attached hydrogens (tertiary/aromatic N) is 2. The van der Waals surface area contributed by atoms with Crippen LogP contribution in [0.1, 0.15) is 37.3 Å². The SMILES string of the molecule is CC(C)c1ccc(NC(=O)CSC2=NN=C(c3ccccc3)C2)cc1. The Morgan fingerprint density at radius 2 is 1.80 bits per heavy atom. The molecule has 0 saturated carbocycles. The molecule has 3 rings (SSSR count). The number of hydrogen-bond acceptors (Lipinski definition) is 4. The zero-order chi connectivity index (χ0) is 17.6. The van der Waals surface area contributed by atoms with E-state index in [2.05, 4.69) is 41.5 Å². The summed E-state index contributed by atoms with van der Waals surface area (Å²) >= 11 is 1.44. The zero-order valence-electron chi connectivity index (χ0n) is 14.4. The molecule has 0 spiro atoms. The highest BCUT2D eigenvalue weighted by Gasteiger charge is 2.16. The quantitative estimate of drug-likeness (QED) is 0.850. The highest BCUT2D eigenvalue weighted by atomic mass is 32.2. The van der Waals surface area contributed by atoms with Crippen molar-refractivity contribution in [3.63, 3.8) is 0 Å². The van der Waals surface area contributed by atoms with Crippen molar-refractivity contribution in [2.24, 2.45) is 10.2 Å². The summed E-state index contributed by atoms with van der Waals surface area (Å²) in [5, 5.41) is 12.2. The van der Waals surface area contributed by atoms with Gasteiger partial charge in [0.1, 0.15) is 5.04 Å². The third-order valence-electron chi connectivity index (χ3n) is 3.94. The Labute approximate surface area is 152 Å². The molecule has 1 heterocycles. The van der Waals surface area contributed by atoms with Gasteiger partial charge in [-0.05, 0) is 29.2 Å². The summed E-state index contributed by atoms with van der Waals surface area (Å²) in [4.78, 5) is 12.1. The van der Waals surface area contributed by atoms with Crippen molar-refractivity contribution in [3.05, 3.63) is 65.7 Å². The summed E-state index contributed by atoms with van der Waals surface area (Å²) in [6, 6.07) is 18.0. The van der Waals surface area contributed by atoms with Gasteiger partial charge in [0.15, 0.2) is 0 Å². The van der Waals surface area contributed by atoms with Crippen molar-refractivity contribution >= 4 is 34.1 Å². The molecular weight excluding hydrogens is 330 g/mol. The molecule has 0 unspecified atom stereocenters. The Balaban J connectivity index is 1.46. The average Bonchev–Trinajstić information content (AvgIpc) is 3.10. The maximum absolute atomic E-state index is 12.1. The van der Waals surface area contributed by atoms with Gasteiger partial charge in [0.25, 0.3) is 0 Å². The Hall–Kier alpha value is -2.40. The van der Waals surface area contributed by atoms with Crippen LogP contribution in [0.5, 0.6) is 0 Å². The minimum Gasteiger partial charge on any atom is -0.325 e. The molecule has 5 heteroatoms. The number of anilines is 1. The van der Waals surface area contributed by atoms with Gasteiger partial charge in [0.2, 0.25) is 5.91 Å². The van der Waals surface area contributed by atoms with Crippen molar-refractivity contribution in [2.45, 2.75) is 26.2 Å². The molecule has 0 radical (unpaired) electrons. The monoisotopic (exact) mass is 351 g/mol. The van der Waals surface area contributed by atoms with Crippen LogP contribution in [-0.2, 0) is 4.79 Å². The molecular formula is C20H21N3OS. The second kappa shape index (κ2) is 8.12. The Morgan fingerprint density at radius 1 is 1.08 bits per heavy atom. The highest BCUT2D eigenvalue weighted by molar-refractivity contribution is 8.14. The molecule has 1 aliphatic heterocycles. The molecule has 1 amide bonds. The zero-order valence-corrected chi connectivity index (χ0v) is 15.2. The second-order valence-corrected chi connectivity index (χ2v) is 7.25. The molecule has 0 saturated heterocycles. The van der Waals surface area contributed by atoms with Crippen molar-refractivity contribution in [2.75, 3.05) is 11.1 Å². The van der Waals surface area contributed by atoms with E-state index in [1.54, 1.807) is 0 Å². The first-order valence-corrected chi connectivity index (χ1v) is 9.32. The summed E-state index contributed by atoms with van der Waals surface area (Å²) in [5.41, 5.74) is 4.12. The summed E-state index contributed by atoms with van der Waals surface area (Å²) < 4.78 is 0. The minimum atomic E-state index is -0.0295. The first kappa shape index (κ1) is 17.4. The van der Waals surface area contributed by atoms with Gasteiger partial charge < -0.3 is 5.32 Å². The van der Waals surface area contributed by atoms with E-state index in [1.165, 1.54) is 17.3 Å². The Morgan fingerprint density at radius 3 is 2.48 bits per heavy atom. The van der Waals surface area contributed by atoms with Crippen LogP contribution in [0.3, 0.4) is 0 Å². The maximum Gasteiger partial charge on any atom is 0.234 e. The maximum atomic E-state index is 12.1. The normalized spacial score (nSPS) is 13.6. The van der Waals surface area contributed by atoms with E-state index in [9.17, 15) is 4.79 Å². The van der Waals surface area contributed by atoms with Gasteiger partial charge in [-0.1, -0.05) is 68.1 Å². The lowest BCUT2D eigenvalue weighted by atomic mass is 10.0. The van der Waals surface area contributed by atoms with E-state index in [-0.39, 0.29) is 5.91 Å². The summed E-state index contributed by atoms with van der Waals surface area (Å²) in [7, 11) is 0. The van der Waals surface area contributed by atoms with E-state index >= 15 is 0 Å². The van der Waals surface area contributed by atoms with Crippen LogP contribution >= 0.6 is 11.8 Å². The standard InChI is InChI=1S/C20H21N3OS/c1-14(2)15-8-10-17(11-9-15)21-19(24)13-25-20-12-18(22-23-20)16-6-4-3-5-7-16/h3-11,14H,12-13H2,1-2H3,(H,21,24). The molecule has 128 valence electrons. The first-order valence-electron chi connectivity index (χ1n) is 8.33. The predicted molar refractivity (Wildman–Crippen MR) is 107 cm³/mol. The fourth-order valence-electron chi connectivity index (χ4n) is 2.50. The lowest BCUT2D eigenvalue weighted by Gasteiger charge is -2.08. The Bertz CT molecular complexity index is 795. The molecule has 2 aromatic carbocycles. The fourth-order valence-corrected chi connectivity index (χ4v) is 3.20. The molecule has 0 fully saturated rings. The minimum absolute atomic E-state index is 0.0295. The number of hydrogen-bond donors (Lipinski definition) is 1. The van der Waals surface area contributed by atoms with Gasteiger partial charge >= 0.3 is 0 Å². The molecule has 0 bridgehead atoms. The van der Waals surface area contributed by atoms with Crippen LogP contribution in [0.4, 0.5) is 5.69 Å². The van der Waals surface area contributed by atoms with Crippen LogP contribution in [0, 0.1) is 0 Å².